The Morgan fingerprint density at radius 3 is 3.29 bits per heavy atom. The zero-order chi connectivity index (χ0) is 12.1. The number of rotatable bonds is 4. The highest BCUT2D eigenvalue weighted by atomic mass is 32.1. The van der Waals surface area contributed by atoms with Crippen LogP contribution in [0.1, 0.15) is 25.5 Å². The van der Waals surface area contributed by atoms with Gasteiger partial charge >= 0.3 is 0 Å². The molecule has 1 aliphatic heterocycles. The normalized spacial score (nSPS) is 24.5. The summed E-state index contributed by atoms with van der Waals surface area (Å²) in [5.41, 5.74) is 2.82. The summed E-state index contributed by atoms with van der Waals surface area (Å²) in [6.07, 6.45) is 2.41. The number of aryl methyl sites for hydroxylation is 1. The van der Waals surface area contributed by atoms with E-state index in [2.05, 4.69) is 22.5 Å². The first-order valence-corrected chi connectivity index (χ1v) is 7.07. The molecule has 0 saturated carbocycles. The summed E-state index contributed by atoms with van der Waals surface area (Å²) in [5.74, 6) is 0.707. The zero-order valence-corrected chi connectivity index (χ0v) is 10.9. The van der Waals surface area contributed by atoms with Crippen molar-refractivity contribution in [1.82, 2.24) is 15.6 Å². The number of thiazole rings is 1. The van der Waals surface area contributed by atoms with Gasteiger partial charge in [0.05, 0.1) is 11.2 Å². The predicted octanol–water partition coefficient (Wildman–Crippen LogP) is 1.19. The minimum Gasteiger partial charge on any atom is -0.352 e. The van der Waals surface area contributed by atoms with E-state index in [-0.39, 0.29) is 11.9 Å². The lowest BCUT2D eigenvalue weighted by molar-refractivity contribution is -0.122. The molecule has 0 radical (unpaired) electrons. The largest absolute Gasteiger partial charge is 0.352 e. The maximum absolute atomic E-state index is 11.8. The predicted molar refractivity (Wildman–Crippen MR) is 69.0 cm³/mol. The number of nitrogens with one attached hydrogen (secondary N) is 2. The molecule has 1 aromatic rings. The summed E-state index contributed by atoms with van der Waals surface area (Å²) in [7, 11) is 0. The van der Waals surface area contributed by atoms with Crippen molar-refractivity contribution < 1.29 is 4.79 Å². The molecular weight excluding hydrogens is 234 g/mol. The Bertz CT molecular complexity index is 353. The van der Waals surface area contributed by atoms with Crippen molar-refractivity contribution in [2.24, 2.45) is 5.92 Å². The molecule has 0 bridgehead atoms. The molecule has 1 fully saturated rings. The van der Waals surface area contributed by atoms with Crippen LogP contribution in [0.3, 0.4) is 0 Å². The van der Waals surface area contributed by atoms with Crippen molar-refractivity contribution in [2.75, 3.05) is 13.1 Å². The van der Waals surface area contributed by atoms with E-state index in [1.54, 1.807) is 16.8 Å². The molecule has 17 heavy (non-hydrogen) atoms. The minimum atomic E-state index is 0.138. The third-order valence-corrected chi connectivity index (χ3v) is 3.90. The van der Waals surface area contributed by atoms with Gasteiger partial charge < -0.3 is 10.6 Å². The highest BCUT2D eigenvalue weighted by Crippen LogP contribution is 2.11. The molecule has 0 aliphatic carbocycles. The Balaban J connectivity index is 1.73. The maximum Gasteiger partial charge on any atom is 0.220 e. The zero-order valence-electron chi connectivity index (χ0n) is 10.1. The molecule has 0 spiro atoms. The SMILES string of the molecule is CC1CCNCC1NC(=O)CCc1cscn1. The monoisotopic (exact) mass is 253 g/mol. The Morgan fingerprint density at radius 1 is 1.71 bits per heavy atom. The molecule has 94 valence electrons. The van der Waals surface area contributed by atoms with Gasteiger partial charge in [-0.1, -0.05) is 6.92 Å². The molecule has 2 heterocycles. The van der Waals surface area contributed by atoms with Crippen LogP contribution in [0.15, 0.2) is 10.9 Å². The fraction of sp³-hybridized carbons (Fsp3) is 0.667. The molecule has 0 aromatic carbocycles. The molecule has 2 unspecified atom stereocenters. The number of aromatic nitrogens is 1. The van der Waals surface area contributed by atoms with E-state index >= 15 is 0 Å². The van der Waals surface area contributed by atoms with E-state index in [1.165, 1.54) is 0 Å². The van der Waals surface area contributed by atoms with Crippen LogP contribution in [-0.4, -0.2) is 30.0 Å². The van der Waals surface area contributed by atoms with E-state index in [0.717, 1.165) is 31.6 Å². The van der Waals surface area contributed by atoms with E-state index in [1.807, 2.05) is 5.38 Å². The Hall–Kier alpha value is -0.940. The highest BCUT2D eigenvalue weighted by molar-refractivity contribution is 7.07. The summed E-state index contributed by atoms with van der Waals surface area (Å²) in [6.45, 7) is 4.15. The van der Waals surface area contributed by atoms with Gasteiger partial charge in [0.2, 0.25) is 5.91 Å². The van der Waals surface area contributed by atoms with Gasteiger partial charge in [-0.25, -0.2) is 4.98 Å². The Labute approximate surface area is 106 Å². The number of hydrogen-bond donors (Lipinski definition) is 2. The second kappa shape index (κ2) is 6.12. The Morgan fingerprint density at radius 2 is 2.59 bits per heavy atom. The van der Waals surface area contributed by atoms with Gasteiger partial charge in [-0.05, 0) is 25.3 Å². The average molecular weight is 253 g/mol. The summed E-state index contributed by atoms with van der Waals surface area (Å²) in [4.78, 5) is 16.0. The third kappa shape index (κ3) is 3.78. The number of hydrogen-bond acceptors (Lipinski definition) is 4. The van der Waals surface area contributed by atoms with Gasteiger partial charge in [-0.2, -0.15) is 0 Å². The lowest BCUT2D eigenvalue weighted by Crippen LogP contribution is -2.50. The van der Waals surface area contributed by atoms with Gasteiger partial charge in [0.1, 0.15) is 0 Å². The van der Waals surface area contributed by atoms with Gasteiger partial charge in [-0.3, -0.25) is 4.79 Å². The van der Waals surface area contributed by atoms with E-state index in [4.69, 9.17) is 0 Å². The molecule has 2 rings (SSSR count). The molecular formula is C12H19N3OS. The fourth-order valence-corrected chi connectivity index (χ4v) is 2.66. The average Bonchev–Trinajstić information content (AvgIpc) is 2.82. The molecule has 1 amide bonds. The van der Waals surface area contributed by atoms with Crippen LogP contribution in [0.4, 0.5) is 0 Å². The number of carbonyl (C=O) groups excluding carboxylic acids is 1. The standard InChI is InChI=1S/C12H19N3OS/c1-9-4-5-13-6-11(9)15-12(16)3-2-10-7-17-8-14-10/h7-9,11,13H,2-6H2,1H3,(H,15,16). The van der Waals surface area contributed by atoms with Crippen molar-refractivity contribution >= 4 is 17.2 Å². The Kier molecular flexibility index (Phi) is 4.50. The summed E-state index contributed by atoms with van der Waals surface area (Å²) >= 11 is 1.57. The second-order valence-corrected chi connectivity index (χ2v) is 5.34. The first kappa shape index (κ1) is 12.5. The molecule has 4 nitrogen and oxygen atoms in total. The van der Waals surface area contributed by atoms with Crippen LogP contribution in [0.25, 0.3) is 0 Å². The van der Waals surface area contributed by atoms with Crippen molar-refractivity contribution in [3.63, 3.8) is 0 Å². The third-order valence-electron chi connectivity index (χ3n) is 3.27. The van der Waals surface area contributed by atoms with Crippen LogP contribution in [-0.2, 0) is 11.2 Å². The first-order valence-electron chi connectivity index (χ1n) is 6.13. The maximum atomic E-state index is 11.8. The summed E-state index contributed by atoms with van der Waals surface area (Å²) < 4.78 is 0. The van der Waals surface area contributed by atoms with Crippen molar-refractivity contribution in [2.45, 2.75) is 32.2 Å². The molecule has 2 N–H and O–H groups in total. The van der Waals surface area contributed by atoms with Crippen LogP contribution in [0.2, 0.25) is 0 Å². The summed E-state index contributed by atoms with van der Waals surface area (Å²) in [6, 6.07) is 0.284. The lowest BCUT2D eigenvalue weighted by Gasteiger charge is -2.30. The molecule has 2 atom stereocenters. The molecule has 1 saturated heterocycles. The highest BCUT2D eigenvalue weighted by Gasteiger charge is 2.22. The second-order valence-electron chi connectivity index (χ2n) is 4.62. The summed E-state index contributed by atoms with van der Waals surface area (Å²) in [5, 5.41) is 8.42. The lowest BCUT2D eigenvalue weighted by atomic mass is 9.94. The fourth-order valence-electron chi connectivity index (χ4n) is 2.06. The van der Waals surface area contributed by atoms with Gasteiger partial charge in [0, 0.05) is 24.4 Å². The minimum absolute atomic E-state index is 0.138. The first-order chi connectivity index (χ1) is 8.25. The molecule has 1 aromatic heterocycles. The van der Waals surface area contributed by atoms with Crippen molar-refractivity contribution in [3.05, 3.63) is 16.6 Å². The molecule has 5 heteroatoms. The van der Waals surface area contributed by atoms with Crippen LogP contribution >= 0.6 is 11.3 Å². The van der Waals surface area contributed by atoms with Gasteiger partial charge in [0.25, 0.3) is 0 Å². The quantitative estimate of drug-likeness (QED) is 0.847. The van der Waals surface area contributed by atoms with Gasteiger partial charge in [-0.15, -0.1) is 11.3 Å². The number of piperidine rings is 1. The van der Waals surface area contributed by atoms with Crippen molar-refractivity contribution in [3.8, 4) is 0 Å². The number of amides is 1. The number of carbonyl (C=O) groups is 1. The van der Waals surface area contributed by atoms with Crippen molar-refractivity contribution in [1.29, 1.82) is 0 Å². The molecule has 1 aliphatic rings. The van der Waals surface area contributed by atoms with Gasteiger partial charge in [0.15, 0.2) is 0 Å². The smallest absolute Gasteiger partial charge is 0.220 e. The van der Waals surface area contributed by atoms with Crippen LogP contribution in [0, 0.1) is 5.92 Å². The van der Waals surface area contributed by atoms with Crippen LogP contribution in [0.5, 0.6) is 0 Å². The van der Waals surface area contributed by atoms with E-state index < -0.39 is 0 Å². The van der Waals surface area contributed by atoms with E-state index in [0.29, 0.717) is 12.3 Å². The topological polar surface area (TPSA) is 54.0 Å². The number of nitrogens with zero attached hydrogens (tertiary/aromatic N) is 1. The van der Waals surface area contributed by atoms with Crippen LogP contribution < -0.4 is 10.6 Å². The van der Waals surface area contributed by atoms with E-state index in [9.17, 15) is 4.79 Å².